The van der Waals surface area contributed by atoms with Gasteiger partial charge in [0, 0.05) is 5.69 Å². The van der Waals surface area contributed by atoms with Crippen LogP contribution in [0.15, 0.2) is 24.3 Å². The molecule has 0 aromatic heterocycles. The van der Waals surface area contributed by atoms with Gasteiger partial charge in [-0.15, -0.1) is 0 Å². The summed E-state index contributed by atoms with van der Waals surface area (Å²) < 4.78 is 5.01. The molecule has 0 bridgehead atoms. The molecule has 0 heterocycles. The van der Waals surface area contributed by atoms with Gasteiger partial charge in [-0.3, -0.25) is 5.32 Å². The molecule has 0 unspecified atom stereocenters. The number of rotatable bonds is 4. The molecule has 0 saturated carbocycles. The minimum Gasteiger partial charge on any atom is -0.449 e. The highest BCUT2D eigenvalue weighted by Gasteiger charge is 2.04. The lowest BCUT2D eigenvalue weighted by Crippen LogP contribution is -2.16. The van der Waals surface area contributed by atoms with Gasteiger partial charge in [0.1, 0.15) is 0 Å². The summed E-state index contributed by atoms with van der Waals surface area (Å²) in [6.07, 6.45) is 0.607. The van der Waals surface area contributed by atoms with E-state index in [2.05, 4.69) is 12.2 Å². The Morgan fingerprint density at radius 3 is 2.44 bits per heavy atom. The summed E-state index contributed by atoms with van der Waals surface area (Å²) in [4.78, 5) is 11.3. The molecule has 0 fully saturated rings. The lowest BCUT2D eigenvalue weighted by molar-refractivity contribution is 0.147. The van der Waals surface area contributed by atoms with Crippen molar-refractivity contribution in [3.63, 3.8) is 0 Å². The van der Waals surface area contributed by atoms with E-state index in [0.29, 0.717) is 12.5 Å². The zero-order valence-electron chi connectivity index (χ0n) is 10.1. The molecule has 0 radical (unpaired) electrons. The van der Waals surface area contributed by atoms with Crippen LogP contribution in [0.2, 0.25) is 0 Å². The van der Waals surface area contributed by atoms with Crippen molar-refractivity contribution in [1.29, 1.82) is 0 Å². The maximum Gasteiger partial charge on any atom is 0.411 e. The van der Waals surface area contributed by atoms with Crippen LogP contribution in [0.5, 0.6) is 0 Å². The zero-order valence-corrected chi connectivity index (χ0v) is 10.1. The number of aryl methyl sites for hydroxylation is 1. The molecule has 88 valence electrons. The fourth-order valence-corrected chi connectivity index (χ4v) is 1.22. The summed E-state index contributed by atoms with van der Waals surface area (Å²) in [5, 5.41) is 2.69. The molecule has 3 nitrogen and oxygen atoms in total. The van der Waals surface area contributed by atoms with Gasteiger partial charge in [0.25, 0.3) is 0 Å². The van der Waals surface area contributed by atoms with Gasteiger partial charge in [0.05, 0.1) is 6.61 Å². The van der Waals surface area contributed by atoms with E-state index in [1.807, 2.05) is 38.1 Å². The number of ether oxygens (including phenoxy) is 1. The lowest BCUT2D eigenvalue weighted by atomic mass is 10.1. The van der Waals surface area contributed by atoms with E-state index in [1.165, 1.54) is 5.56 Å². The Bertz CT molecular complexity index is 330. The number of hydrogen-bond donors (Lipinski definition) is 1. The Kier molecular flexibility index (Phi) is 4.83. The molecule has 3 heteroatoms. The van der Waals surface area contributed by atoms with E-state index in [0.717, 1.165) is 12.1 Å². The first-order valence-electron chi connectivity index (χ1n) is 5.64. The van der Waals surface area contributed by atoms with Crippen molar-refractivity contribution in [2.75, 3.05) is 11.9 Å². The van der Waals surface area contributed by atoms with Crippen LogP contribution in [0, 0.1) is 5.92 Å². The summed E-state index contributed by atoms with van der Waals surface area (Å²) >= 11 is 0. The lowest BCUT2D eigenvalue weighted by Gasteiger charge is -2.08. The fourth-order valence-electron chi connectivity index (χ4n) is 1.22. The molecule has 1 aromatic carbocycles. The van der Waals surface area contributed by atoms with E-state index < -0.39 is 6.09 Å². The van der Waals surface area contributed by atoms with Gasteiger partial charge in [0.2, 0.25) is 0 Å². The van der Waals surface area contributed by atoms with Crippen molar-refractivity contribution in [2.24, 2.45) is 5.92 Å². The van der Waals surface area contributed by atoms with Gasteiger partial charge in [-0.25, -0.2) is 4.79 Å². The topological polar surface area (TPSA) is 38.3 Å². The van der Waals surface area contributed by atoms with Gasteiger partial charge < -0.3 is 4.74 Å². The second-order valence-corrected chi connectivity index (χ2v) is 4.17. The molecule has 1 aromatic rings. The van der Waals surface area contributed by atoms with Crippen LogP contribution in [0.4, 0.5) is 10.5 Å². The minimum absolute atomic E-state index is 0.355. The SMILES string of the molecule is CCc1ccc(NC(=O)OCC(C)C)cc1. The van der Waals surface area contributed by atoms with Crippen LogP contribution < -0.4 is 5.32 Å². The highest BCUT2D eigenvalue weighted by Crippen LogP contribution is 2.10. The Morgan fingerprint density at radius 2 is 1.94 bits per heavy atom. The van der Waals surface area contributed by atoms with Crippen LogP contribution >= 0.6 is 0 Å². The van der Waals surface area contributed by atoms with E-state index >= 15 is 0 Å². The first-order chi connectivity index (χ1) is 7.61. The van der Waals surface area contributed by atoms with Gasteiger partial charge >= 0.3 is 6.09 Å². The molecule has 0 atom stereocenters. The zero-order chi connectivity index (χ0) is 12.0. The van der Waals surface area contributed by atoms with Crippen molar-refractivity contribution in [3.05, 3.63) is 29.8 Å². The second-order valence-electron chi connectivity index (χ2n) is 4.17. The largest absolute Gasteiger partial charge is 0.449 e. The van der Waals surface area contributed by atoms with Gasteiger partial charge in [-0.1, -0.05) is 32.9 Å². The number of benzene rings is 1. The van der Waals surface area contributed by atoms with Gasteiger partial charge in [-0.05, 0) is 30.0 Å². The van der Waals surface area contributed by atoms with Crippen molar-refractivity contribution in [3.8, 4) is 0 Å². The van der Waals surface area contributed by atoms with Crippen molar-refractivity contribution in [1.82, 2.24) is 0 Å². The number of anilines is 1. The Hall–Kier alpha value is -1.51. The summed E-state index contributed by atoms with van der Waals surface area (Å²) in [7, 11) is 0. The van der Waals surface area contributed by atoms with Crippen LogP contribution in [0.1, 0.15) is 26.3 Å². The van der Waals surface area contributed by atoms with Crippen molar-refractivity contribution >= 4 is 11.8 Å². The molecule has 1 rings (SSSR count). The highest BCUT2D eigenvalue weighted by atomic mass is 16.5. The molecule has 0 aliphatic carbocycles. The normalized spacial score (nSPS) is 10.2. The van der Waals surface area contributed by atoms with E-state index in [4.69, 9.17) is 4.74 Å². The quantitative estimate of drug-likeness (QED) is 0.845. The molecule has 1 amide bonds. The third-order valence-electron chi connectivity index (χ3n) is 2.16. The molecule has 1 N–H and O–H groups in total. The highest BCUT2D eigenvalue weighted by molar-refractivity contribution is 5.84. The van der Waals surface area contributed by atoms with Crippen molar-refractivity contribution in [2.45, 2.75) is 27.2 Å². The predicted molar refractivity (Wildman–Crippen MR) is 65.6 cm³/mol. The van der Waals surface area contributed by atoms with E-state index in [9.17, 15) is 4.79 Å². The fraction of sp³-hybridized carbons (Fsp3) is 0.462. The summed E-state index contributed by atoms with van der Waals surface area (Å²) in [6.45, 7) is 6.55. The molecular weight excluding hydrogens is 202 g/mol. The first kappa shape index (κ1) is 12.6. The molecule has 0 aliphatic heterocycles. The van der Waals surface area contributed by atoms with Gasteiger partial charge in [0.15, 0.2) is 0 Å². The molecule has 0 aliphatic rings. The van der Waals surface area contributed by atoms with E-state index in [1.54, 1.807) is 0 Å². The number of hydrogen-bond acceptors (Lipinski definition) is 2. The molecule has 0 spiro atoms. The summed E-state index contributed by atoms with van der Waals surface area (Å²) in [6, 6.07) is 7.76. The van der Waals surface area contributed by atoms with Gasteiger partial charge in [-0.2, -0.15) is 0 Å². The Morgan fingerprint density at radius 1 is 1.31 bits per heavy atom. The average Bonchev–Trinajstić information content (AvgIpc) is 2.27. The summed E-state index contributed by atoms with van der Waals surface area (Å²) in [5.74, 6) is 0.355. The van der Waals surface area contributed by atoms with Crippen LogP contribution in [-0.4, -0.2) is 12.7 Å². The maximum atomic E-state index is 11.3. The number of carbonyl (C=O) groups is 1. The molecular formula is C13H19NO2. The summed E-state index contributed by atoms with van der Waals surface area (Å²) in [5.41, 5.74) is 2.02. The molecule has 0 saturated heterocycles. The monoisotopic (exact) mass is 221 g/mol. The Labute approximate surface area is 96.8 Å². The minimum atomic E-state index is -0.391. The standard InChI is InChI=1S/C13H19NO2/c1-4-11-5-7-12(8-6-11)14-13(15)16-9-10(2)3/h5-8,10H,4,9H2,1-3H3,(H,14,15). The van der Waals surface area contributed by atoms with Crippen LogP contribution in [0.3, 0.4) is 0 Å². The third kappa shape index (κ3) is 4.34. The smallest absolute Gasteiger partial charge is 0.411 e. The van der Waals surface area contributed by atoms with Crippen molar-refractivity contribution < 1.29 is 9.53 Å². The Balaban J connectivity index is 2.43. The first-order valence-corrected chi connectivity index (χ1v) is 5.64. The second kappa shape index (κ2) is 6.16. The van der Waals surface area contributed by atoms with Crippen LogP contribution in [0.25, 0.3) is 0 Å². The predicted octanol–water partition coefficient (Wildman–Crippen LogP) is 3.45. The maximum absolute atomic E-state index is 11.3. The third-order valence-corrected chi connectivity index (χ3v) is 2.16. The van der Waals surface area contributed by atoms with Crippen LogP contribution in [-0.2, 0) is 11.2 Å². The number of amides is 1. The average molecular weight is 221 g/mol. The molecule has 16 heavy (non-hydrogen) atoms. The number of carbonyl (C=O) groups excluding carboxylic acids is 1. The van der Waals surface area contributed by atoms with E-state index in [-0.39, 0.29) is 0 Å². The number of nitrogens with one attached hydrogen (secondary N) is 1.